The number of hydrogen-bond acceptors (Lipinski definition) is 3. The molecule has 0 saturated carbocycles. The number of aromatic nitrogens is 1. The molecule has 3 rings (SSSR count). The lowest BCUT2D eigenvalue weighted by atomic mass is 9.91. The SMILES string of the molecule is COc1ccc(Br)cc1NC1CCCc2[nH]c(=O)ccc21. The van der Waals surface area contributed by atoms with Gasteiger partial charge in [-0.1, -0.05) is 15.9 Å². The number of aryl methyl sites for hydroxylation is 1. The molecule has 2 aromatic rings. The van der Waals surface area contributed by atoms with Crippen LogP contribution in [0.5, 0.6) is 5.75 Å². The van der Waals surface area contributed by atoms with Crippen LogP contribution in [0.25, 0.3) is 0 Å². The minimum Gasteiger partial charge on any atom is -0.495 e. The van der Waals surface area contributed by atoms with Crippen LogP contribution in [0.1, 0.15) is 30.1 Å². The Bertz CT molecular complexity index is 712. The van der Waals surface area contributed by atoms with E-state index in [2.05, 4.69) is 26.2 Å². The summed E-state index contributed by atoms with van der Waals surface area (Å²) in [4.78, 5) is 14.4. The molecule has 5 heteroatoms. The molecular formula is C16H17BrN2O2. The minimum atomic E-state index is -0.0329. The molecule has 1 aliphatic rings. The van der Waals surface area contributed by atoms with E-state index in [1.807, 2.05) is 24.3 Å². The molecule has 1 unspecified atom stereocenters. The predicted molar refractivity (Wildman–Crippen MR) is 87.1 cm³/mol. The fraction of sp³-hybridized carbons (Fsp3) is 0.312. The largest absolute Gasteiger partial charge is 0.495 e. The third kappa shape index (κ3) is 2.97. The van der Waals surface area contributed by atoms with Gasteiger partial charge < -0.3 is 15.0 Å². The molecule has 1 aliphatic carbocycles. The van der Waals surface area contributed by atoms with E-state index in [9.17, 15) is 4.79 Å². The van der Waals surface area contributed by atoms with Gasteiger partial charge >= 0.3 is 0 Å². The number of H-pyrrole nitrogens is 1. The van der Waals surface area contributed by atoms with Gasteiger partial charge in [0.1, 0.15) is 5.75 Å². The van der Waals surface area contributed by atoms with E-state index in [1.54, 1.807) is 13.2 Å². The van der Waals surface area contributed by atoms with Crippen molar-refractivity contribution in [2.75, 3.05) is 12.4 Å². The van der Waals surface area contributed by atoms with Gasteiger partial charge in [0, 0.05) is 16.2 Å². The first kappa shape index (κ1) is 14.2. The standard InChI is InChI=1S/C16H17BrN2O2/c1-21-15-7-5-10(17)9-14(15)18-12-3-2-4-13-11(12)6-8-16(20)19-13/h5-9,12,18H,2-4H2,1H3,(H,19,20). The fourth-order valence-electron chi connectivity index (χ4n) is 2.83. The average Bonchev–Trinajstić information content (AvgIpc) is 2.47. The maximum Gasteiger partial charge on any atom is 0.248 e. The van der Waals surface area contributed by atoms with Crippen molar-refractivity contribution >= 4 is 21.6 Å². The summed E-state index contributed by atoms with van der Waals surface area (Å²) < 4.78 is 6.41. The summed E-state index contributed by atoms with van der Waals surface area (Å²) in [5.41, 5.74) is 3.13. The minimum absolute atomic E-state index is 0.0329. The molecule has 0 amide bonds. The normalized spacial score (nSPS) is 17.1. The molecule has 0 aliphatic heterocycles. The Balaban J connectivity index is 1.93. The quantitative estimate of drug-likeness (QED) is 0.890. The Morgan fingerprint density at radius 3 is 3.00 bits per heavy atom. The highest BCUT2D eigenvalue weighted by Gasteiger charge is 2.21. The second kappa shape index (κ2) is 5.93. The summed E-state index contributed by atoms with van der Waals surface area (Å²) in [5.74, 6) is 0.815. The third-order valence-electron chi connectivity index (χ3n) is 3.82. The van der Waals surface area contributed by atoms with E-state index in [0.717, 1.165) is 40.9 Å². The van der Waals surface area contributed by atoms with E-state index < -0.39 is 0 Å². The van der Waals surface area contributed by atoms with E-state index >= 15 is 0 Å². The molecule has 4 nitrogen and oxygen atoms in total. The number of benzene rings is 1. The van der Waals surface area contributed by atoms with Gasteiger partial charge in [0.05, 0.1) is 18.8 Å². The highest BCUT2D eigenvalue weighted by atomic mass is 79.9. The number of methoxy groups -OCH3 is 1. The number of hydrogen-bond donors (Lipinski definition) is 2. The molecule has 0 bridgehead atoms. The third-order valence-corrected chi connectivity index (χ3v) is 4.32. The van der Waals surface area contributed by atoms with Crippen molar-refractivity contribution in [1.29, 1.82) is 0 Å². The molecular weight excluding hydrogens is 332 g/mol. The number of pyridine rings is 1. The van der Waals surface area contributed by atoms with Crippen molar-refractivity contribution in [2.24, 2.45) is 0 Å². The van der Waals surface area contributed by atoms with Crippen molar-refractivity contribution < 1.29 is 4.74 Å². The molecule has 2 N–H and O–H groups in total. The molecule has 1 heterocycles. The average molecular weight is 349 g/mol. The van der Waals surface area contributed by atoms with Crippen LogP contribution >= 0.6 is 15.9 Å². The number of halogens is 1. The number of fused-ring (bicyclic) bond motifs is 1. The van der Waals surface area contributed by atoms with Crippen LogP contribution in [0.3, 0.4) is 0 Å². The van der Waals surface area contributed by atoms with Gasteiger partial charge in [-0.25, -0.2) is 0 Å². The number of rotatable bonds is 3. The van der Waals surface area contributed by atoms with Gasteiger partial charge in [-0.2, -0.15) is 0 Å². The van der Waals surface area contributed by atoms with Crippen LogP contribution in [0.15, 0.2) is 39.6 Å². The molecule has 110 valence electrons. The fourth-order valence-corrected chi connectivity index (χ4v) is 3.19. The summed E-state index contributed by atoms with van der Waals surface area (Å²) in [6, 6.07) is 9.61. The second-order valence-electron chi connectivity index (χ2n) is 5.19. The zero-order chi connectivity index (χ0) is 14.8. The highest BCUT2D eigenvalue weighted by Crippen LogP contribution is 2.35. The monoisotopic (exact) mass is 348 g/mol. The Labute approximate surface area is 131 Å². The molecule has 1 aromatic carbocycles. The molecule has 0 fully saturated rings. The lowest BCUT2D eigenvalue weighted by Gasteiger charge is -2.27. The van der Waals surface area contributed by atoms with Crippen LogP contribution in [-0.4, -0.2) is 12.1 Å². The molecule has 1 aromatic heterocycles. The first-order chi connectivity index (χ1) is 10.2. The maximum atomic E-state index is 11.4. The number of aromatic amines is 1. The first-order valence-corrected chi connectivity index (χ1v) is 7.79. The van der Waals surface area contributed by atoms with E-state index in [0.29, 0.717) is 0 Å². The van der Waals surface area contributed by atoms with Crippen molar-refractivity contribution in [3.05, 3.63) is 56.4 Å². The zero-order valence-electron chi connectivity index (χ0n) is 11.8. The maximum absolute atomic E-state index is 11.4. The number of ether oxygens (including phenoxy) is 1. The van der Waals surface area contributed by atoms with Gasteiger partial charge in [-0.05, 0) is 49.1 Å². The van der Waals surface area contributed by atoms with Gasteiger partial charge in [0.2, 0.25) is 5.56 Å². The van der Waals surface area contributed by atoms with Crippen molar-refractivity contribution in [3.63, 3.8) is 0 Å². The molecule has 21 heavy (non-hydrogen) atoms. The summed E-state index contributed by atoms with van der Waals surface area (Å²) in [7, 11) is 1.67. The molecule has 0 spiro atoms. The van der Waals surface area contributed by atoms with Crippen LogP contribution < -0.4 is 15.6 Å². The van der Waals surface area contributed by atoms with Gasteiger partial charge in [0.25, 0.3) is 0 Å². The van der Waals surface area contributed by atoms with Crippen molar-refractivity contribution in [2.45, 2.75) is 25.3 Å². The van der Waals surface area contributed by atoms with Crippen molar-refractivity contribution in [1.82, 2.24) is 4.98 Å². The number of anilines is 1. The van der Waals surface area contributed by atoms with E-state index in [1.165, 1.54) is 5.56 Å². The van der Waals surface area contributed by atoms with Gasteiger partial charge in [-0.3, -0.25) is 4.79 Å². The van der Waals surface area contributed by atoms with E-state index in [4.69, 9.17) is 4.74 Å². The summed E-state index contributed by atoms with van der Waals surface area (Å²) in [6.45, 7) is 0. The zero-order valence-corrected chi connectivity index (χ0v) is 13.4. The first-order valence-electron chi connectivity index (χ1n) is 6.99. The van der Waals surface area contributed by atoms with Crippen LogP contribution in [-0.2, 0) is 6.42 Å². The van der Waals surface area contributed by atoms with Crippen LogP contribution in [0, 0.1) is 0 Å². The number of nitrogens with one attached hydrogen (secondary N) is 2. The predicted octanol–water partition coefficient (Wildman–Crippen LogP) is 3.64. The Morgan fingerprint density at radius 1 is 1.33 bits per heavy atom. The Hall–Kier alpha value is -1.75. The van der Waals surface area contributed by atoms with Crippen molar-refractivity contribution in [3.8, 4) is 5.75 Å². The van der Waals surface area contributed by atoms with Crippen LogP contribution in [0.2, 0.25) is 0 Å². The molecule has 1 atom stereocenters. The summed E-state index contributed by atoms with van der Waals surface area (Å²) >= 11 is 3.49. The highest BCUT2D eigenvalue weighted by molar-refractivity contribution is 9.10. The van der Waals surface area contributed by atoms with Gasteiger partial charge in [-0.15, -0.1) is 0 Å². The lowest BCUT2D eigenvalue weighted by Crippen LogP contribution is -2.21. The molecule has 0 radical (unpaired) electrons. The van der Waals surface area contributed by atoms with E-state index in [-0.39, 0.29) is 11.6 Å². The summed E-state index contributed by atoms with van der Waals surface area (Å²) in [6.07, 6.45) is 3.02. The summed E-state index contributed by atoms with van der Waals surface area (Å²) in [5, 5.41) is 3.54. The van der Waals surface area contributed by atoms with Crippen LogP contribution in [0.4, 0.5) is 5.69 Å². The smallest absolute Gasteiger partial charge is 0.248 e. The second-order valence-corrected chi connectivity index (χ2v) is 6.11. The lowest BCUT2D eigenvalue weighted by molar-refractivity contribution is 0.415. The molecule has 0 saturated heterocycles. The Kier molecular flexibility index (Phi) is 4.01. The van der Waals surface area contributed by atoms with Gasteiger partial charge in [0.15, 0.2) is 0 Å². The Morgan fingerprint density at radius 2 is 2.19 bits per heavy atom. The topological polar surface area (TPSA) is 54.1 Å².